The zero-order chi connectivity index (χ0) is 12.7. The minimum atomic E-state index is -0.187. The van der Waals surface area contributed by atoms with Crippen molar-refractivity contribution in [2.45, 2.75) is 26.8 Å². The van der Waals surface area contributed by atoms with Gasteiger partial charge in [-0.3, -0.25) is 14.5 Å². The Hall–Kier alpha value is -1.16. The number of hydrogen-bond donors (Lipinski definition) is 0. The lowest BCUT2D eigenvalue weighted by atomic mass is 10.1. The minimum absolute atomic E-state index is 0.0822. The zero-order valence-electron chi connectivity index (χ0n) is 10.0. The first kappa shape index (κ1) is 12.3. The SMILES string of the molecule is CC(C)C(C)N1C(=O)c2ccc(Br)cc2C1=O. The maximum absolute atomic E-state index is 12.2. The van der Waals surface area contributed by atoms with E-state index in [1.54, 1.807) is 18.2 Å². The van der Waals surface area contributed by atoms with Crippen molar-refractivity contribution < 1.29 is 9.59 Å². The molecule has 0 aromatic heterocycles. The van der Waals surface area contributed by atoms with Gasteiger partial charge in [-0.15, -0.1) is 0 Å². The van der Waals surface area contributed by atoms with E-state index >= 15 is 0 Å². The molecule has 0 aliphatic carbocycles. The Bertz CT molecular complexity index is 496. The highest BCUT2D eigenvalue weighted by Gasteiger charge is 2.39. The predicted octanol–water partition coefficient (Wildman–Crippen LogP) is 3.09. The fraction of sp³-hybridized carbons (Fsp3) is 0.385. The largest absolute Gasteiger partial charge is 0.271 e. The van der Waals surface area contributed by atoms with E-state index in [0.717, 1.165) is 4.47 Å². The van der Waals surface area contributed by atoms with Crippen LogP contribution in [0.2, 0.25) is 0 Å². The zero-order valence-corrected chi connectivity index (χ0v) is 11.6. The highest BCUT2D eigenvalue weighted by molar-refractivity contribution is 9.10. The number of nitrogens with zero attached hydrogens (tertiary/aromatic N) is 1. The maximum atomic E-state index is 12.2. The van der Waals surface area contributed by atoms with Crippen molar-refractivity contribution in [2.75, 3.05) is 0 Å². The first-order valence-corrected chi connectivity index (χ1v) is 6.40. The van der Waals surface area contributed by atoms with E-state index in [2.05, 4.69) is 15.9 Å². The summed E-state index contributed by atoms with van der Waals surface area (Å²) in [5, 5.41) is 0. The van der Waals surface area contributed by atoms with Crippen LogP contribution in [0, 0.1) is 5.92 Å². The summed E-state index contributed by atoms with van der Waals surface area (Å²) in [7, 11) is 0. The number of imide groups is 1. The summed E-state index contributed by atoms with van der Waals surface area (Å²) in [6, 6.07) is 5.12. The van der Waals surface area contributed by atoms with Crippen molar-refractivity contribution in [1.29, 1.82) is 0 Å². The molecule has 1 aromatic carbocycles. The Kier molecular flexibility index (Phi) is 3.08. The molecule has 1 aliphatic heterocycles. The molecule has 0 saturated heterocycles. The second kappa shape index (κ2) is 4.26. The van der Waals surface area contributed by atoms with Crippen molar-refractivity contribution in [1.82, 2.24) is 4.90 Å². The number of hydrogen-bond acceptors (Lipinski definition) is 2. The summed E-state index contributed by atoms with van der Waals surface area (Å²) in [4.78, 5) is 25.7. The molecule has 0 spiro atoms. The van der Waals surface area contributed by atoms with Crippen LogP contribution < -0.4 is 0 Å². The number of carbonyl (C=O) groups is 2. The van der Waals surface area contributed by atoms with Gasteiger partial charge in [0.15, 0.2) is 0 Å². The van der Waals surface area contributed by atoms with Crippen LogP contribution in [-0.4, -0.2) is 22.8 Å². The van der Waals surface area contributed by atoms with Crippen molar-refractivity contribution in [3.05, 3.63) is 33.8 Å². The van der Waals surface area contributed by atoms with Crippen LogP contribution in [0.5, 0.6) is 0 Å². The minimum Gasteiger partial charge on any atom is -0.271 e. The number of rotatable bonds is 2. The van der Waals surface area contributed by atoms with Gasteiger partial charge >= 0.3 is 0 Å². The highest BCUT2D eigenvalue weighted by atomic mass is 79.9. The predicted molar refractivity (Wildman–Crippen MR) is 68.9 cm³/mol. The van der Waals surface area contributed by atoms with Crippen LogP contribution in [0.4, 0.5) is 0 Å². The second-order valence-corrected chi connectivity index (χ2v) is 5.57. The van der Waals surface area contributed by atoms with Crippen molar-refractivity contribution in [3.8, 4) is 0 Å². The summed E-state index contributed by atoms with van der Waals surface area (Å²) >= 11 is 3.32. The van der Waals surface area contributed by atoms with E-state index in [1.807, 2.05) is 20.8 Å². The Morgan fingerprint density at radius 1 is 1.06 bits per heavy atom. The van der Waals surface area contributed by atoms with E-state index in [9.17, 15) is 9.59 Å². The second-order valence-electron chi connectivity index (χ2n) is 4.65. The smallest absolute Gasteiger partial charge is 0.261 e. The third-order valence-electron chi connectivity index (χ3n) is 3.25. The molecule has 0 saturated carbocycles. The topological polar surface area (TPSA) is 37.4 Å². The quantitative estimate of drug-likeness (QED) is 0.786. The van der Waals surface area contributed by atoms with Crippen LogP contribution in [0.25, 0.3) is 0 Å². The Labute approximate surface area is 109 Å². The molecule has 2 amide bonds. The molecule has 3 nitrogen and oxygen atoms in total. The fourth-order valence-electron chi connectivity index (χ4n) is 1.90. The van der Waals surface area contributed by atoms with Gasteiger partial charge in [-0.1, -0.05) is 29.8 Å². The molecule has 0 radical (unpaired) electrons. The van der Waals surface area contributed by atoms with Crippen LogP contribution in [0.3, 0.4) is 0 Å². The van der Waals surface area contributed by atoms with Crippen LogP contribution in [-0.2, 0) is 0 Å². The van der Waals surface area contributed by atoms with E-state index in [1.165, 1.54) is 4.90 Å². The average molecular weight is 296 g/mol. The molecular formula is C13H14BrNO2. The van der Waals surface area contributed by atoms with Gasteiger partial charge in [0.25, 0.3) is 11.8 Å². The van der Waals surface area contributed by atoms with Crippen molar-refractivity contribution >= 4 is 27.7 Å². The van der Waals surface area contributed by atoms with Crippen LogP contribution >= 0.6 is 15.9 Å². The number of benzene rings is 1. The monoisotopic (exact) mass is 295 g/mol. The number of carbonyl (C=O) groups excluding carboxylic acids is 2. The van der Waals surface area contributed by atoms with Gasteiger partial charge < -0.3 is 0 Å². The molecule has 0 fully saturated rings. The van der Waals surface area contributed by atoms with E-state index in [-0.39, 0.29) is 23.8 Å². The molecule has 1 heterocycles. The normalized spacial score (nSPS) is 16.6. The Morgan fingerprint density at radius 3 is 2.24 bits per heavy atom. The van der Waals surface area contributed by atoms with Gasteiger partial charge in [-0.25, -0.2) is 0 Å². The standard InChI is InChI=1S/C13H14BrNO2/c1-7(2)8(3)15-12(16)10-5-4-9(14)6-11(10)13(15)17/h4-8H,1-3H3. The van der Waals surface area contributed by atoms with Gasteiger partial charge in [0, 0.05) is 10.5 Å². The lowest BCUT2D eigenvalue weighted by Gasteiger charge is -2.25. The molecule has 0 bridgehead atoms. The molecule has 0 N–H and O–H groups in total. The average Bonchev–Trinajstić information content (AvgIpc) is 2.50. The molecule has 4 heteroatoms. The third kappa shape index (κ3) is 1.90. The molecule has 2 rings (SSSR count). The van der Waals surface area contributed by atoms with E-state index in [4.69, 9.17) is 0 Å². The third-order valence-corrected chi connectivity index (χ3v) is 3.75. The molecule has 1 aromatic rings. The first-order valence-electron chi connectivity index (χ1n) is 5.61. The number of amides is 2. The summed E-state index contributed by atoms with van der Waals surface area (Å²) in [6.45, 7) is 5.91. The van der Waals surface area contributed by atoms with Crippen molar-refractivity contribution in [3.63, 3.8) is 0 Å². The molecular weight excluding hydrogens is 282 g/mol. The van der Waals surface area contributed by atoms with Crippen LogP contribution in [0.15, 0.2) is 22.7 Å². The first-order chi connectivity index (χ1) is 7.93. The van der Waals surface area contributed by atoms with Gasteiger partial charge in [-0.05, 0) is 31.0 Å². The lowest BCUT2D eigenvalue weighted by molar-refractivity contribution is 0.0559. The molecule has 1 unspecified atom stereocenters. The van der Waals surface area contributed by atoms with Crippen molar-refractivity contribution in [2.24, 2.45) is 5.92 Å². The number of halogens is 1. The fourth-order valence-corrected chi connectivity index (χ4v) is 2.26. The number of fused-ring (bicyclic) bond motifs is 1. The highest BCUT2D eigenvalue weighted by Crippen LogP contribution is 2.28. The molecule has 17 heavy (non-hydrogen) atoms. The van der Waals surface area contributed by atoms with Gasteiger partial charge in [0.05, 0.1) is 11.1 Å². The summed E-state index contributed by atoms with van der Waals surface area (Å²) < 4.78 is 0.816. The van der Waals surface area contributed by atoms with Crippen LogP contribution in [0.1, 0.15) is 41.5 Å². The van der Waals surface area contributed by atoms with E-state index in [0.29, 0.717) is 11.1 Å². The lowest BCUT2D eigenvalue weighted by Crippen LogP contribution is -2.40. The van der Waals surface area contributed by atoms with Gasteiger partial charge in [0.2, 0.25) is 0 Å². The van der Waals surface area contributed by atoms with Gasteiger partial charge in [-0.2, -0.15) is 0 Å². The molecule has 1 aliphatic rings. The molecule has 1 atom stereocenters. The summed E-state index contributed by atoms with van der Waals surface area (Å²) in [5.74, 6) is -0.119. The van der Waals surface area contributed by atoms with E-state index < -0.39 is 0 Å². The summed E-state index contributed by atoms with van der Waals surface area (Å²) in [6.07, 6.45) is 0. The molecule has 90 valence electrons. The Balaban J connectivity index is 2.46. The summed E-state index contributed by atoms with van der Waals surface area (Å²) in [5.41, 5.74) is 1.00. The van der Waals surface area contributed by atoms with Gasteiger partial charge in [0.1, 0.15) is 0 Å². The Morgan fingerprint density at radius 2 is 1.65 bits per heavy atom. The maximum Gasteiger partial charge on any atom is 0.261 e.